The molecule has 0 aliphatic carbocycles. The molecule has 2 aliphatic heterocycles. The van der Waals surface area contributed by atoms with Crippen LogP contribution < -0.4 is 5.32 Å². The van der Waals surface area contributed by atoms with E-state index in [0.29, 0.717) is 45.4 Å². The van der Waals surface area contributed by atoms with E-state index in [9.17, 15) is 14.4 Å². The van der Waals surface area contributed by atoms with Crippen molar-refractivity contribution in [1.29, 1.82) is 0 Å². The molecule has 1 aromatic carbocycles. The fraction of sp³-hybridized carbons (Fsp3) is 0.522. The van der Waals surface area contributed by atoms with Crippen molar-refractivity contribution in [3.8, 4) is 0 Å². The monoisotopic (exact) mass is 410 g/mol. The molecule has 1 aromatic heterocycles. The molecule has 30 heavy (non-hydrogen) atoms. The van der Waals surface area contributed by atoms with Crippen molar-refractivity contribution in [2.24, 2.45) is 5.92 Å². The number of carbonyl (C=O) groups excluding carboxylic acids is 3. The number of aromatic nitrogens is 1. The van der Waals surface area contributed by atoms with E-state index in [1.54, 1.807) is 4.90 Å². The summed E-state index contributed by atoms with van der Waals surface area (Å²) in [5, 5.41) is 4.24. The van der Waals surface area contributed by atoms with E-state index >= 15 is 0 Å². The van der Waals surface area contributed by atoms with Crippen LogP contribution in [-0.4, -0.2) is 64.8 Å². The van der Waals surface area contributed by atoms with Crippen LogP contribution in [0.3, 0.4) is 0 Å². The van der Waals surface area contributed by atoms with Gasteiger partial charge in [0.15, 0.2) is 0 Å². The standard InChI is InChI=1S/C23H30N4O3/c28-21-7-3-12-26(21)13-4-14-27-17-19(8-9-22(27)29)23(30)24-11-16-25-15-10-18-5-1-2-6-20(18)25/h1-2,5-6,10,15,19H,3-4,7-9,11-14,16-17H2,(H,24,30). The Bertz CT molecular complexity index is 922. The number of para-hydroxylation sites is 1. The van der Waals surface area contributed by atoms with Gasteiger partial charge >= 0.3 is 0 Å². The summed E-state index contributed by atoms with van der Waals surface area (Å²) >= 11 is 0. The molecular formula is C23H30N4O3. The maximum absolute atomic E-state index is 12.7. The smallest absolute Gasteiger partial charge is 0.224 e. The van der Waals surface area contributed by atoms with Crippen LogP contribution in [0.25, 0.3) is 10.9 Å². The number of amides is 3. The highest BCUT2D eigenvalue weighted by Crippen LogP contribution is 2.19. The van der Waals surface area contributed by atoms with E-state index in [4.69, 9.17) is 0 Å². The minimum atomic E-state index is -0.155. The van der Waals surface area contributed by atoms with Crippen LogP contribution in [0.4, 0.5) is 0 Å². The maximum atomic E-state index is 12.7. The van der Waals surface area contributed by atoms with Gasteiger partial charge in [-0.05, 0) is 36.8 Å². The average molecular weight is 411 g/mol. The number of nitrogens with one attached hydrogen (secondary N) is 1. The lowest BCUT2D eigenvalue weighted by Crippen LogP contribution is -2.46. The SMILES string of the molecule is O=C(NCCn1ccc2ccccc21)C1CCC(=O)N(CCCN2CCCC2=O)C1. The minimum Gasteiger partial charge on any atom is -0.354 e. The molecule has 2 fully saturated rings. The van der Waals surface area contributed by atoms with Crippen LogP contribution in [0, 0.1) is 5.92 Å². The maximum Gasteiger partial charge on any atom is 0.224 e. The fourth-order valence-electron chi connectivity index (χ4n) is 4.52. The molecule has 1 N–H and O–H groups in total. The van der Waals surface area contributed by atoms with Crippen molar-refractivity contribution in [2.75, 3.05) is 32.7 Å². The summed E-state index contributed by atoms with van der Waals surface area (Å²) in [6, 6.07) is 10.3. The first-order chi connectivity index (χ1) is 14.6. The van der Waals surface area contributed by atoms with Gasteiger partial charge in [0.1, 0.15) is 0 Å². The molecule has 0 bridgehead atoms. The minimum absolute atomic E-state index is 0.0266. The zero-order chi connectivity index (χ0) is 20.9. The van der Waals surface area contributed by atoms with Gasteiger partial charge in [-0.1, -0.05) is 18.2 Å². The molecule has 1 atom stereocenters. The van der Waals surface area contributed by atoms with Crippen molar-refractivity contribution in [2.45, 2.75) is 38.6 Å². The first-order valence-corrected chi connectivity index (χ1v) is 11.0. The molecule has 0 saturated carbocycles. The largest absolute Gasteiger partial charge is 0.354 e. The molecule has 160 valence electrons. The third-order valence-electron chi connectivity index (χ3n) is 6.23. The average Bonchev–Trinajstić information content (AvgIpc) is 3.35. The Hall–Kier alpha value is -2.83. The van der Waals surface area contributed by atoms with Crippen molar-refractivity contribution >= 4 is 28.6 Å². The molecule has 2 aromatic rings. The summed E-state index contributed by atoms with van der Waals surface area (Å²) in [7, 11) is 0. The number of likely N-dealkylation sites (tertiary alicyclic amines) is 2. The number of hydrogen-bond donors (Lipinski definition) is 1. The topological polar surface area (TPSA) is 74.7 Å². The Morgan fingerprint density at radius 3 is 2.63 bits per heavy atom. The summed E-state index contributed by atoms with van der Waals surface area (Å²) in [6.45, 7) is 3.91. The fourth-order valence-corrected chi connectivity index (χ4v) is 4.52. The van der Waals surface area contributed by atoms with Crippen molar-refractivity contribution in [1.82, 2.24) is 19.7 Å². The molecule has 0 spiro atoms. The normalized spacial score (nSPS) is 19.7. The summed E-state index contributed by atoms with van der Waals surface area (Å²) < 4.78 is 2.14. The van der Waals surface area contributed by atoms with E-state index in [1.807, 2.05) is 23.2 Å². The number of fused-ring (bicyclic) bond motifs is 1. The Kier molecular flexibility index (Phi) is 6.35. The Labute approximate surface area is 177 Å². The van der Waals surface area contributed by atoms with Gasteiger partial charge in [-0.2, -0.15) is 0 Å². The summed E-state index contributed by atoms with van der Waals surface area (Å²) in [5.74, 6) is 0.203. The Balaban J connectivity index is 1.22. The second-order valence-corrected chi connectivity index (χ2v) is 8.27. The predicted molar refractivity (Wildman–Crippen MR) is 115 cm³/mol. The number of nitrogens with zero attached hydrogens (tertiary/aromatic N) is 3. The summed E-state index contributed by atoms with van der Waals surface area (Å²) in [5.41, 5.74) is 1.16. The molecule has 3 heterocycles. The molecule has 4 rings (SSSR count). The quantitative estimate of drug-likeness (QED) is 0.723. The highest BCUT2D eigenvalue weighted by atomic mass is 16.2. The van der Waals surface area contributed by atoms with E-state index in [1.165, 1.54) is 5.39 Å². The van der Waals surface area contributed by atoms with Crippen LogP contribution in [0.1, 0.15) is 32.1 Å². The van der Waals surface area contributed by atoms with Gasteiger partial charge in [-0.3, -0.25) is 14.4 Å². The highest BCUT2D eigenvalue weighted by Gasteiger charge is 2.30. The number of piperidine rings is 1. The van der Waals surface area contributed by atoms with Crippen molar-refractivity contribution < 1.29 is 14.4 Å². The molecule has 0 radical (unpaired) electrons. The molecular weight excluding hydrogens is 380 g/mol. The second-order valence-electron chi connectivity index (χ2n) is 8.27. The zero-order valence-electron chi connectivity index (χ0n) is 17.4. The Morgan fingerprint density at radius 1 is 1.00 bits per heavy atom. The molecule has 7 nitrogen and oxygen atoms in total. The number of carbonyl (C=O) groups is 3. The summed E-state index contributed by atoms with van der Waals surface area (Å²) in [4.78, 5) is 40.3. The van der Waals surface area contributed by atoms with Gasteiger partial charge in [0.05, 0.1) is 5.92 Å². The van der Waals surface area contributed by atoms with E-state index in [-0.39, 0.29) is 23.6 Å². The van der Waals surface area contributed by atoms with Gasteiger partial charge in [0.2, 0.25) is 17.7 Å². The van der Waals surface area contributed by atoms with E-state index in [2.05, 4.69) is 28.1 Å². The summed E-state index contributed by atoms with van der Waals surface area (Å²) in [6.07, 6.45) is 5.42. The highest BCUT2D eigenvalue weighted by molar-refractivity contribution is 5.84. The lowest BCUT2D eigenvalue weighted by atomic mass is 9.96. The third-order valence-corrected chi connectivity index (χ3v) is 6.23. The molecule has 2 saturated heterocycles. The lowest BCUT2D eigenvalue weighted by molar-refractivity contribution is -0.138. The van der Waals surface area contributed by atoms with Gasteiger partial charge in [0.25, 0.3) is 0 Å². The number of rotatable bonds is 8. The van der Waals surface area contributed by atoms with Crippen LogP contribution in [-0.2, 0) is 20.9 Å². The van der Waals surface area contributed by atoms with Gasteiger partial charge < -0.3 is 19.7 Å². The lowest BCUT2D eigenvalue weighted by Gasteiger charge is -2.32. The van der Waals surface area contributed by atoms with E-state index in [0.717, 1.165) is 31.4 Å². The third kappa shape index (κ3) is 4.66. The predicted octanol–water partition coefficient (Wildman–Crippen LogP) is 2.01. The second kappa shape index (κ2) is 9.32. The van der Waals surface area contributed by atoms with Crippen molar-refractivity contribution in [3.63, 3.8) is 0 Å². The number of hydrogen-bond acceptors (Lipinski definition) is 3. The molecule has 2 aliphatic rings. The first-order valence-electron chi connectivity index (χ1n) is 11.0. The van der Waals surface area contributed by atoms with Gasteiger partial charge in [-0.15, -0.1) is 0 Å². The van der Waals surface area contributed by atoms with Gasteiger partial charge in [0, 0.05) is 63.8 Å². The molecule has 7 heteroatoms. The van der Waals surface area contributed by atoms with Crippen LogP contribution in [0.2, 0.25) is 0 Å². The Morgan fingerprint density at radius 2 is 1.80 bits per heavy atom. The van der Waals surface area contributed by atoms with Crippen molar-refractivity contribution in [3.05, 3.63) is 36.5 Å². The zero-order valence-corrected chi connectivity index (χ0v) is 17.4. The molecule has 1 unspecified atom stereocenters. The van der Waals surface area contributed by atoms with Crippen LogP contribution in [0.15, 0.2) is 36.5 Å². The van der Waals surface area contributed by atoms with Gasteiger partial charge in [-0.25, -0.2) is 0 Å². The van der Waals surface area contributed by atoms with E-state index < -0.39 is 0 Å². The number of benzene rings is 1. The molecule has 3 amide bonds. The van der Waals surface area contributed by atoms with Crippen LogP contribution in [0.5, 0.6) is 0 Å². The van der Waals surface area contributed by atoms with Crippen LogP contribution >= 0.6 is 0 Å². The first kappa shape index (κ1) is 20.4.